The second-order valence-corrected chi connectivity index (χ2v) is 7.56. The Bertz CT molecular complexity index is 1550. The lowest BCUT2D eigenvalue weighted by atomic mass is 10.1. The fourth-order valence-corrected chi connectivity index (χ4v) is 3.59. The van der Waals surface area contributed by atoms with E-state index in [0.29, 0.717) is 22.6 Å². The first-order chi connectivity index (χ1) is 17.4. The molecule has 3 heterocycles. The highest BCUT2D eigenvalue weighted by atomic mass is 19.3. The number of primary amides is 1. The molecule has 0 aliphatic rings. The molecule has 0 bridgehead atoms. The quantitative estimate of drug-likeness (QED) is 0.345. The number of ether oxygens (including phenoxy) is 2. The Labute approximate surface area is 202 Å². The molecule has 0 aliphatic carbocycles. The third kappa shape index (κ3) is 4.31. The standard InChI is InChI=1S/C24H18F2N6O4/c1-34-19-5-3-2-4-15(19)17-10-18(21(25)26)32-23(29-17)16(11-28-32)24-30-22(31-36-24)13-6-8-14(9-7-13)35-12-20(27)33/h2-11,21H,12H2,1H3,(H2,27,33). The van der Waals surface area contributed by atoms with Crippen LogP contribution in [0.1, 0.15) is 12.1 Å². The second kappa shape index (κ2) is 9.41. The number of hydrogen-bond acceptors (Lipinski definition) is 8. The van der Waals surface area contributed by atoms with Gasteiger partial charge in [-0.25, -0.2) is 18.3 Å². The van der Waals surface area contributed by atoms with Crippen molar-refractivity contribution in [2.75, 3.05) is 13.7 Å². The van der Waals surface area contributed by atoms with Crippen LogP contribution in [0.15, 0.2) is 65.3 Å². The van der Waals surface area contributed by atoms with Crippen molar-refractivity contribution in [2.45, 2.75) is 6.43 Å². The Morgan fingerprint density at radius 1 is 1.11 bits per heavy atom. The van der Waals surface area contributed by atoms with Gasteiger partial charge >= 0.3 is 0 Å². The van der Waals surface area contributed by atoms with Crippen molar-refractivity contribution >= 4 is 11.6 Å². The highest BCUT2D eigenvalue weighted by Gasteiger charge is 2.23. The summed E-state index contributed by atoms with van der Waals surface area (Å²) >= 11 is 0. The second-order valence-electron chi connectivity index (χ2n) is 7.56. The van der Waals surface area contributed by atoms with E-state index in [9.17, 15) is 13.6 Å². The van der Waals surface area contributed by atoms with Gasteiger partial charge in [-0.15, -0.1) is 0 Å². The SMILES string of the molecule is COc1ccccc1-c1cc(C(F)F)n2ncc(-c3nc(-c4ccc(OCC(N)=O)cc4)no3)c2n1. The zero-order chi connectivity index (χ0) is 25.2. The average molecular weight is 492 g/mol. The maximum atomic E-state index is 13.9. The number of nitrogens with zero attached hydrogens (tertiary/aromatic N) is 5. The number of aromatic nitrogens is 5. The zero-order valence-electron chi connectivity index (χ0n) is 18.8. The van der Waals surface area contributed by atoms with Crippen LogP contribution in [0.5, 0.6) is 11.5 Å². The lowest BCUT2D eigenvalue weighted by Gasteiger charge is -2.10. The number of benzene rings is 2. The van der Waals surface area contributed by atoms with Crippen LogP contribution < -0.4 is 15.2 Å². The normalized spacial score (nSPS) is 11.2. The van der Waals surface area contributed by atoms with Crippen molar-refractivity contribution < 1.29 is 27.6 Å². The number of amides is 1. The molecule has 0 radical (unpaired) electrons. The summed E-state index contributed by atoms with van der Waals surface area (Å²) < 4.78 is 44.9. The number of hydrogen-bond donors (Lipinski definition) is 1. The fraction of sp³-hybridized carbons (Fsp3) is 0.125. The van der Waals surface area contributed by atoms with Gasteiger partial charge in [-0.1, -0.05) is 17.3 Å². The van der Waals surface area contributed by atoms with Crippen LogP contribution in [0, 0.1) is 0 Å². The lowest BCUT2D eigenvalue weighted by Crippen LogP contribution is -2.19. The van der Waals surface area contributed by atoms with Crippen molar-refractivity contribution in [2.24, 2.45) is 5.73 Å². The summed E-state index contributed by atoms with van der Waals surface area (Å²) in [5.41, 5.74) is 6.56. The molecule has 2 aromatic carbocycles. The van der Waals surface area contributed by atoms with Gasteiger partial charge in [0.25, 0.3) is 18.2 Å². The van der Waals surface area contributed by atoms with Crippen LogP contribution in [0.2, 0.25) is 0 Å². The van der Waals surface area contributed by atoms with E-state index in [1.54, 1.807) is 48.5 Å². The Kier molecular flexibility index (Phi) is 5.98. The Hall–Kier alpha value is -4.87. The number of rotatable bonds is 8. The number of para-hydroxylation sites is 1. The molecule has 36 heavy (non-hydrogen) atoms. The van der Waals surface area contributed by atoms with E-state index < -0.39 is 12.3 Å². The number of carbonyl (C=O) groups excluding carboxylic acids is 1. The highest BCUT2D eigenvalue weighted by Crippen LogP contribution is 2.34. The van der Waals surface area contributed by atoms with Crippen molar-refractivity contribution in [1.29, 1.82) is 0 Å². The van der Waals surface area contributed by atoms with Gasteiger partial charge < -0.3 is 19.7 Å². The molecule has 0 spiro atoms. The number of fused-ring (bicyclic) bond motifs is 1. The minimum Gasteiger partial charge on any atom is -0.496 e. The minimum atomic E-state index is -2.81. The molecule has 0 aliphatic heterocycles. The topological polar surface area (TPSA) is 131 Å². The molecule has 182 valence electrons. The third-order valence-corrected chi connectivity index (χ3v) is 5.26. The Morgan fingerprint density at radius 2 is 1.89 bits per heavy atom. The summed E-state index contributed by atoms with van der Waals surface area (Å²) in [5, 5.41) is 8.07. The summed E-state index contributed by atoms with van der Waals surface area (Å²) in [4.78, 5) is 19.8. The smallest absolute Gasteiger partial charge is 0.280 e. The van der Waals surface area contributed by atoms with Gasteiger partial charge in [0.2, 0.25) is 5.82 Å². The van der Waals surface area contributed by atoms with Crippen molar-refractivity contribution in [1.82, 2.24) is 24.7 Å². The van der Waals surface area contributed by atoms with Crippen LogP contribution in [-0.2, 0) is 4.79 Å². The van der Waals surface area contributed by atoms with Crippen molar-refractivity contribution in [3.8, 4) is 45.6 Å². The number of carbonyl (C=O) groups is 1. The largest absolute Gasteiger partial charge is 0.496 e. The maximum absolute atomic E-state index is 13.9. The number of methoxy groups -OCH3 is 1. The molecule has 5 aromatic rings. The van der Waals surface area contributed by atoms with Crippen molar-refractivity contribution in [3.63, 3.8) is 0 Å². The van der Waals surface area contributed by atoms with E-state index in [-0.39, 0.29) is 40.9 Å². The zero-order valence-corrected chi connectivity index (χ0v) is 18.8. The predicted octanol–water partition coefficient (Wildman–Crippen LogP) is 3.92. The highest BCUT2D eigenvalue weighted by molar-refractivity contribution is 5.77. The molecule has 0 saturated heterocycles. The molecule has 3 aromatic heterocycles. The first-order valence-electron chi connectivity index (χ1n) is 10.6. The molecule has 0 fully saturated rings. The monoisotopic (exact) mass is 492 g/mol. The average Bonchev–Trinajstić information content (AvgIpc) is 3.54. The van der Waals surface area contributed by atoms with Crippen LogP contribution in [-0.4, -0.2) is 44.4 Å². The third-order valence-electron chi connectivity index (χ3n) is 5.26. The number of halogens is 2. The number of nitrogens with two attached hydrogens (primary N) is 1. The van der Waals surface area contributed by atoms with Crippen LogP contribution in [0.25, 0.3) is 39.7 Å². The van der Waals surface area contributed by atoms with E-state index in [4.69, 9.17) is 19.7 Å². The van der Waals surface area contributed by atoms with Gasteiger partial charge in [0.15, 0.2) is 12.3 Å². The summed E-state index contributed by atoms with van der Waals surface area (Å²) in [6.45, 7) is -0.245. The maximum Gasteiger partial charge on any atom is 0.280 e. The van der Waals surface area contributed by atoms with Crippen LogP contribution in [0.4, 0.5) is 8.78 Å². The van der Waals surface area contributed by atoms with E-state index in [0.717, 1.165) is 4.52 Å². The fourth-order valence-electron chi connectivity index (χ4n) is 3.59. The summed E-state index contributed by atoms with van der Waals surface area (Å²) in [5.74, 6) is 0.642. The Balaban J connectivity index is 1.54. The first kappa shape index (κ1) is 22.9. The summed E-state index contributed by atoms with van der Waals surface area (Å²) in [7, 11) is 1.49. The minimum absolute atomic E-state index is 0.0546. The molecule has 12 heteroatoms. The van der Waals surface area contributed by atoms with Gasteiger partial charge in [0, 0.05) is 11.1 Å². The van der Waals surface area contributed by atoms with Gasteiger partial charge in [0.05, 0.1) is 19.0 Å². The van der Waals surface area contributed by atoms with Gasteiger partial charge in [-0.2, -0.15) is 10.1 Å². The summed E-state index contributed by atoms with van der Waals surface area (Å²) in [6, 6.07) is 14.8. The molecule has 10 nitrogen and oxygen atoms in total. The lowest BCUT2D eigenvalue weighted by molar-refractivity contribution is -0.119. The molecule has 1 amide bonds. The molecular formula is C24H18F2N6O4. The molecule has 0 unspecified atom stereocenters. The van der Waals surface area contributed by atoms with E-state index >= 15 is 0 Å². The predicted molar refractivity (Wildman–Crippen MR) is 123 cm³/mol. The molecule has 0 saturated carbocycles. The van der Waals surface area contributed by atoms with Crippen LogP contribution in [0.3, 0.4) is 0 Å². The Morgan fingerprint density at radius 3 is 2.61 bits per heavy atom. The van der Waals surface area contributed by atoms with Gasteiger partial charge in [-0.05, 0) is 42.5 Å². The molecule has 5 rings (SSSR count). The number of alkyl halides is 2. The van der Waals surface area contributed by atoms with Gasteiger partial charge in [-0.3, -0.25) is 4.79 Å². The van der Waals surface area contributed by atoms with Gasteiger partial charge in [0.1, 0.15) is 22.8 Å². The van der Waals surface area contributed by atoms with Crippen molar-refractivity contribution in [3.05, 3.63) is 66.5 Å². The summed E-state index contributed by atoms with van der Waals surface area (Å²) in [6.07, 6.45) is -1.47. The molecular weight excluding hydrogens is 474 g/mol. The van der Waals surface area contributed by atoms with Crippen LogP contribution >= 0.6 is 0 Å². The van der Waals surface area contributed by atoms with E-state index in [1.165, 1.54) is 19.4 Å². The molecule has 0 atom stereocenters. The first-order valence-corrected chi connectivity index (χ1v) is 10.6. The van der Waals surface area contributed by atoms with E-state index in [1.807, 2.05) is 0 Å². The molecule has 2 N–H and O–H groups in total. The van der Waals surface area contributed by atoms with E-state index in [2.05, 4.69) is 20.2 Å².